The molecule has 3 rings (SSSR count). The monoisotopic (exact) mass is 413 g/mol. The van der Waals surface area contributed by atoms with Gasteiger partial charge < -0.3 is 25.6 Å². The molecule has 1 amide bonds. The van der Waals surface area contributed by atoms with E-state index in [1.54, 1.807) is 14.0 Å². The van der Waals surface area contributed by atoms with Gasteiger partial charge in [-0.1, -0.05) is 18.2 Å². The van der Waals surface area contributed by atoms with Crippen molar-refractivity contribution in [3.8, 4) is 5.75 Å². The normalized spacial score (nSPS) is 16.1. The third kappa shape index (κ3) is 5.72. The molecule has 4 N–H and O–H groups in total. The molecule has 1 atom stereocenters. The number of piperidine rings is 1. The van der Waals surface area contributed by atoms with Crippen LogP contribution >= 0.6 is 0 Å². The standard InChI is InChI=1S/C23H31N3O4/c1-16(28)17-6-8-18(9-7-17)25-23(29)14-26-12-10-19(11-13-26)24-21-4-3-5-22(30-2)20(21)15-27/h3-9,16,19,24,27-28H,10-15H2,1-2H3,(H,25,29). The van der Waals surface area contributed by atoms with Crippen LogP contribution < -0.4 is 15.4 Å². The number of amides is 1. The van der Waals surface area contributed by atoms with Crippen molar-refractivity contribution in [2.75, 3.05) is 37.4 Å². The van der Waals surface area contributed by atoms with E-state index in [9.17, 15) is 15.0 Å². The molecule has 1 unspecified atom stereocenters. The highest BCUT2D eigenvalue weighted by atomic mass is 16.5. The minimum atomic E-state index is -0.518. The lowest BCUT2D eigenvalue weighted by molar-refractivity contribution is -0.117. The van der Waals surface area contributed by atoms with Crippen LogP contribution in [0.2, 0.25) is 0 Å². The van der Waals surface area contributed by atoms with Crippen LogP contribution in [0.3, 0.4) is 0 Å². The topological polar surface area (TPSA) is 94.1 Å². The number of benzene rings is 2. The predicted molar refractivity (Wildman–Crippen MR) is 118 cm³/mol. The van der Waals surface area contributed by atoms with Crippen LogP contribution in [0.1, 0.15) is 37.0 Å². The van der Waals surface area contributed by atoms with Crippen molar-refractivity contribution in [3.05, 3.63) is 53.6 Å². The van der Waals surface area contributed by atoms with Crippen molar-refractivity contribution in [1.82, 2.24) is 4.90 Å². The number of hydrogen-bond acceptors (Lipinski definition) is 6. The fraction of sp³-hybridized carbons (Fsp3) is 0.435. The summed E-state index contributed by atoms with van der Waals surface area (Å²) >= 11 is 0. The van der Waals surface area contributed by atoms with Gasteiger partial charge in [0.05, 0.1) is 26.4 Å². The summed E-state index contributed by atoms with van der Waals surface area (Å²) in [6.45, 7) is 3.63. The minimum absolute atomic E-state index is 0.0402. The summed E-state index contributed by atoms with van der Waals surface area (Å²) in [5.74, 6) is 0.639. The van der Waals surface area contributed by atoms with E-state index in [-0.39, 0.29) is 18.6 Å². The molecule has 2 aromatic carbocycles. The Morgan fingerprint density at radius 2 is 1.90 bits per heavy atom. The molecule has 0 bridgehead atoms. The van der Waals surface area contributed by atoms with E-state index < -0.39 is 6.10 Å². The molecule has 0 radical (unpaired) electrons. The highest BCUT2D eigenvalue weighted by Gasteiger charge is 2.22. The van der Waals surface area contributed by atoms with Gasteiger partial charge >= 0.3 is 0 Å². The Kier molecular flexibility index (Phi) is 7.68. The first kappa shape index (κ1) is 22.1. The molecule has 1 saturated heterocycles. The number of ether oxygens (including phenoxy) is 1. The van der Waals surface area contributed by atoms with E-state index in [4.69, 9.17) is 4.74 Å². The van der Waals surface area contributed by atoms with Crippen molar-refractivity contribution < 1.29 is 19.7 Å². The number of carbonyl (C=O) groups excluding carboxylic acids is 1. The molecule has 7 heteroatoms. The molecule has 162 valence electrons. The summed E-state index contributed by atoms with van der Waals surface area (Å²) in [6.07, 6.45) is 1.31. The second-order valence-corrected chi connectivity index (χ2v) is 7.69. The first-order valence-corrected chi connectivity index (χ1v) is 10.3. The number of anilines is 2. The van der Waals surface area contributed by atoms with Crippen LogP contribution in [0.5, 0.6) is 5.75 Å². The smallest absolute Gasteiger partial charge is 0.238 e. The Balaban J connectivity index is 1.47. The molecular weight excluding hydrogens is 382 g/mol. The van der Waals surface area contributed by atoms with E-state index in [1.165, 1.54) is 0 Å². The van der Waals surface area contributed by atoms with Gasteiger partial charge in [-0.3, -0.25) is 9.69 Å². The number of rotatable bonds is 8. The van der Waals surface area contributed by atoms with Gasteiger partial charge in [-0.05, 0) is 49.6 Å². The second kappa shape index (κ2) is 10.4. The SMILES string of the molecule is COc1cccc(NC2CCN(CC(=O)Nc3ccc(C(C)O)cc3)CC2)c1CO. The lowest BCUT2D eigenvalue weighted by atomic mass is 10.0. The predicted octanol–water partition coefficient (Wildman–Crippen LogP) is 2.76. The zero-order valence-corrected chi connectivity index (χ0v) is 17.6. The van der Waals surface area contributed by atoms with Crippen molar-refractivity contribution in [2.45, 2.75) is 38.5 Å². The Labute approximate surface area is 177 Å². The first-order chi connectivity index (χ1) is 14.5. The number of likely N-dealkylation sites (tertiary alicyclic amines) is 1. The van der Waals surface area contributed by atoms with Gasteiger partial charge in [0, 0.05) is 36.1 Å². The van der Waals surface area contributed by atoms with Gasteiger partial charge in [0.1, 0.15) is 5.75 Å². The molecule has 7 nitrogen and oxygen atoms in total. The summed E-state index contributed by atoms with van der Waals surface area (Å²) in [5.41, 5.74) is 3.22. The van der Waals surface area contributed by atoms with E-state index in [0.29, 0.717) is 12.3 Å². The van der Waals surface area contributed by atoms with Crippen LogP contribution in [0, 0.1) is 0 Å². The van der Waals surface area contributed by atoms with Gasteiger partial charge in [0.25, 0.3) is 0 Å². The number of nitrogens with one attached hydrogen (secondary N) is 2. The van der Waals surface area contributed by atoms with E-state index >= 15 is 0 Å². The van der Waals surface area contributed by atoms with Crippen LogP contribution in [-0.4, -0.2) is 53.8 Å². The van der Waals surface area contributed by atoms with E-state index in [2.05, 4.69) is 15.5 Å². The number of aliphatic hydroxyl groups is 2. The molecule has 0 saturated carbocycles. The molecule has 30 heavy (non-hydrogen) atoms. The summed E-state index contributed by atoms with van der Waals surface area (Å²) in [7, 11) is 1.60. The summed E-state index contributed by atoms with van der Waals surface area (Å²) in [6, 6.07) is 13.2. The van der Waals surface area contributed by atoms with Crippen LogP contribution in [0.4, 0.5) is 11.4 Å². The molecule has 0 aliphatic carbocycles. The Morgan fingerprint density at radius 1 is 1.20 bits per heavy atom. The average molecular weight is 414 g/mol. The van der Waals surface area contributed by atoms with Crippen molar-refractivity contribution in [3.63, 3.8) is 0 Å². The zero-order valence-electron chi connectivity index (χ0n) is 17.6. The van der Waals surface area contributed by atoms with Crippen LogP contribution in [-0.2, 0) is 11.4 Å². The maximum absolute atomic E-state index is 12.4. The van der Waals surface area contributed by atoms with Gasteiger partial charge in [0.15, 0.2) is 0 Å². The second-order valence-electron chi connectivity index (χ2n) is 7.69. The fourth-order valence-electron chi connectivity index (χ4n) is 3.76. The van der Waals surface area contributed by atoms with Gasteiger partial charge in [0.2, 0.25) is 5.91 Å². The highest BCUT2D eigenvalue weighted by Crippen LogP contribution is 2.28. The van der Waals surface area contributed by atoms with Crippen LogP contribution in [0.15, 0.2) is 42.5 Å². The summed E-state index contributed by atoms with van der Waals surface area (Å²) < 4.78 is 5.33. The van der Waals surface area contributed by atoms with E-state index in [1.807, 2.05) is 42.5 Å². The highest BCUT2D eigenvalue weighted by molar-refractivity contribution is 5.92. The number of nitrogens with zero attached hydrogens (tertiary/aromatic N) is 1. The molecule has 1 heterocycles. The minimum Gasteiger partial charge on any atom is -0.496 e. The summed E-state index contributed by atoms with van der Waals surface area (Å²) in [5, 5.41) is 25.7. The Hall–Kier alpha value is -2.61. The Bertz CT molecular complexity index is 831. The molecule has 1 aliphatic heterocycles. The lowest BCUT2D eigenvalue weighted by Gasteiger charge is -2.32. The maximum Gasteiger partial charge on any atom is 0.238 e. The average Bonchev–Trinajstić information content (AvgIpc) is 2.75. The quantitative estimate of drug-likeness (QED) is 0.532. The van der Waals surface area contributed by atoms with Crippen LogP contribution in [0.25, 0.3) is 0 Å². The van der Waals surface area contributed by atoms with Crippen molar-refractivity contribution >= 4 is 17.3 Å². The first-order valence-electron chi connectivity index (χ1n) is 10.3. The molecule has 1 fully saturated rings. The van der Waals surface area contributed by atoms with Gasteiger partial charge in [-0.2, -0.15) is 0 Å². The van der Waals surface area contributed by atoms with Gasteiger partial charge in [-0.25, -0.2) is 0 Å². The lowest BCUT2D eigenvalue weighted by Crippen LogP contribution is -2.42. The van der Waals surface area contributed by atoms with E-state index in [0.717, 1.165) is 48.4 Å². The maximum atomic E-state index is 12.4. The number of hydrogen-bond donors (Lipinski definition) is 4. The molecule has 0 aromatic heterocycles. The van der Waals surface area contributed by atoms with Crippen molar-refractivity contribution in [1.29, 1.82) is 0 Å². The third-order valence-corrected chi connectivity index (χ3v) is 5.50. The zero-order chi connectivity index (χ0) is 21.5. The number of aliphatic hydroxyl groups excluding tert-OH is 2. The van der Waals surface area contributed by atoms with Crippen molar-refractivity contribution in [2.24, 2.45) is 0 Å². The number of carbonyl (C=O) groups is 1. The largest absolute Gasteiger partial charge is 0.496 e. The number of methoxy groups -OCH3 is 1. The molecule has 0 spiro atoms. The fourth-order valence-corrected chi connectivity index (χ4v) is 3.76. The molecule has 2 aromatic rings. The van der Waals surface area contributed by atoms with Gasteiger partial charge in [-0.15, -0.1) is 0 Å². The molecular formula is C23H31N3O4. The summed E-state index contributed by atoms with van der Waals surface area (Å²) in [4.78, 5) is 14.5. The third-order valence-electron chi connectivity index (χ3n) is 5.50. The molecule has 1 aliphatic rings. The Morgan fingerprint density at radius 3 is 2.50 bits per heavy atom.